The topological polar surface area (TPSA) is 66.5 Å². The number of carbonyl (C=O) groups is 1. The highest BCUT2D eigenvalue weighted by Gasteiger charge is 2.34. The van der Waals surface area contributed by atoms with Gasteiger partial charge in [-0.05, 0) is 30.2 Å². The molecule has 0 aliphatic carbocycles. The van der Waals surface area contributed by atoms with E-state index in [1.807, 2.05) is 0 Å². The van der Waals surface area contributed by atoms with E-state index in [4.69, 9.17) is 11.6 Å². The van der Waals surface area contributed by atoms with Crippen LogP contribution in [0.5, 0.6) is 0 Å². The average Bonchev–Trinajstić information content (AvgIpc) is 2.46. The molecule has 1 heterocycles. The van der Waals surface area contributed by atoms with Crippen molar-refractivity contribution in [3.63, 3.8) is 0 Å². The molecule has 7 heteroatoms. The molecular weight excluding hydrogens is 312 g/mol. The molecule has 1 aromatic rings. The molecule has 114 valence electrons. The predicted octanol–water partition coefficient (Wildman–Crippen LogP) is 1.85. The van der Waals surface area contributed by atoms with Gasteiger partial charge in [-0.15, -0.1) is 0 Å². The van der Waals surface area contributed by atoms with Crippen LogP contribution in [0.3, 0.4) is 0 Å². The highest BCUT2D eigenvalue weighted by atomic mass is 35.5. The van der Waals surface area contributed by atoms with Gasteiger partial charge >= 0.3 is 0 Å². The highest BCUT2D eigenvalue weighted by Crippen LogP contribution is 2.17. The summed E-state index contributed by atoms with van der Waals surface area (Å²) in [4.78, 5) is 11.7. The first-order valence-corrected chi connectivity index (χ1v) is 8.55. The zero-order valence-electron chi connectivity index (χ0n) is 11.6. The van der Waals surface area contributed by atoms with Gasteiger partial charge in [0.25, 0.3) is 0 Å². The Morgan fingerprint density at radius 1 is 1.38 bits per heavy atom. The maximum Gasteiger partial charge on any atom is 0.238 e. The fourth-order valence-electron chi connectivity index (χ4n) is 2.20. The van der Waals surface area contributed by atoms with Crippen molar-refractivity contribution in [1.29, 1.82) is 0 Å². The minimum absolute atomic E-state index is 0.243. The minimum Gasteiger partial charge on any atom is -0.353 e. The summed E-state index contributed by atoms with van der Waals surface area (Å²) in [5.41, 5.74) is 0.734. The normalized spacial score (nSPS) is 20.7. The number of sulfonamides is 1. The first-order valence-electron chi connectivity index (χ1n) is 6.67. The van der Waals surface area contributed by atoms with Crippen LogP contribution in [0.1, 0.15) is 18.9 Å². The number of piperazine rings is 1. The molecule has 1 aliphatic heterocycles. The average molecular weight is 329 g/mol. The molecule has 0 aromatic heterocycles. The number of hydrogen-bond acceptors (Lipinski definition) is 3. The number of carbonyl (C=O) groups excluding carboxylic acids is 1. The summed E-state index contributed by atoms with van der Waals surface area (Å²) in [6.07, 6.45) is 1.95. The van der Waals surface area contributed by atoms with Gasteiger partial charge in [-0.2, -0.15) is 4.31 Å². The van der Waals surface area contributed by atoms with E-state index < -0.39 is 16.1 Å². The molecule has 1 atom stereocenters. The molecule has 1 aromatic carbocycles. The Labute approximate surface area is 129 Å². The van der Waals surface area contributed by atoms with E-state index in [0.717, 1.165) is 11.0 Å². The van der Waals surface area contributed by atoms with Crippen molar-refractivity contribution in [2.24, 2.45) is 0 Å². The molecule has 1 fully saturated rings. The standard InChI is InChI=1S/C14H17ClN2O3S/c1-2-13-14(18)16-8-9-17(13)21(19,20)10-7-11-3-5-12(15)6-4-11/h3-7,10,13H,2,8-9H2,1H3,(H,16,18). The molecule has 0 bridgehead atoms. The van der Waals surface area contributed by atoms with Gasteiger partial charge in [0.15, 0.2) is 0 Å². The number of rotatable bonds is 4. The van der Waals surface area contributed by atoms with Crippen LogP contribution in [0.2, 0.25) is 5.02 Å². The number of amides is 1. The fourth-order valence-corrected chi connectivity index (χ4v) is 3.76. The van der Waals surface area contributed by atoms with Crippen LogP contribution in [0.4, 0.5) is 0 Å². The number of nitrogens with zero attached hydrogens (tertiary/aromatic N) is 1. The smallest absolute Gasteiger partial charge is 0.238 e. The minimum atomic E-state index is -3.63. The summed E-state index contributed by atoms with van der Waals surface area (Å²) in [5, 5.41) is 4.41. The third kappa shape index (κ3) is 3.84. The molecule has 1 amide bonds. The number of nitrogens with one attached hydrogen (secondary N) is 1. The molecule has 1 unspecified atom stereocenters. The number of halogens is 1. The van der Waals surface area contributed by atoms with E-state index in [2.05, 4.69) is 5.32 Å². The van der Waals surface area contributed by atoms with E-state index in [9.17, 15) is 13.2 Å². The van der Waals surface area contributed by atoms with Crippen LogP contribution >= 0.6 is 11.6 Å². The Hall–Kier alpha value is -1.37. The first-order chi connectivity index (χ1) is 9.94. The number of benzene rings is 1. The van der Waals surface area contributed by atoms with Gasteiger partial charge in [0, 0.05) is 23.5 Å². The monoisotopic (exact) mass is 328 g/mol. The Kier molecular flexibility index (Phi) is 5.03. The summed E-state index contributed by atoms with van der Waals surface area (Å²) in [6, 6.07) is 6.20. The van der Waals surface area contributed by atoms with Gasteiger partial charge in [0.2, 0.25) is 15.9 Å². The molecule has 0 spiro atoms. The van der Waals surface area contributed by atoms with Crippen molar-refractivity contribution < 1.29 is 13.2 Å². The summed E-state index contributed by atoms with van der Waals surface area (Å²) in [6.45, 7) is 2.42. The van der Waals surface area contributed by atoms with Crippen LogP contribution in [0.25, 0.3) is 6.08 Å². The highest BCUT2D eigenvalue weighted by molar-refractivity contribution is 7.92. The Bertz CT molecular complexity index is 641. The zero-order chi connectivity index (χ0) is 15.5. The lowest BCUT2D eigenvalue weighted by atomic mass is 10.2. The van der Waals surface area contributed by atoms with Gasteiger partial charge in [0.05, 0.1) is 0 Å². The van der Waals surface area contributed by atoms with Gasteiger partial charge in [-0.25, -0.2) is 8.42 Å². The lowest BCUT2D eigenvalue weighted by Crippen LogP contribution is -2.56. The van der Waals surface area contributed by atoms with E-state index in [1.165, 1.54) is 10.4 Å². The Morgan fingerprint density at radius 2 is 2.05 bits per heavy atom. The predicted molar refractivity (Wildman–Crippen MR) is 83.2 cm³/mol. The van der Waals surface area contributed by atoms with Crippen molar-refractivity contribution in [3.05, 3.63) is 40.3 Å². The molecular formula is C14H17ClN2O3S. The van der Waals surface area contributed by atoms with Gasteiger partial charge in [0.1, 0.15) is 6.04 Å². The second-order valence-electron chi connectivity index (χ2n) is 4.73. The van der Waals surface area contributed by atoms with Crippen LogP contribution in [-0.4, -0.2) is 37.8 Å². The quantitative estimate of drug-likeness (QED) is 0.917. The maximum absolute atomic E-state index is 12.4. The van der Waals surface area contributed by atoms with Crippen molar-refractivity contribution in [2.75, 3.05) is 13.1 Å². The lowest BCUT2D eigenvalue weighted by Gasteiger charge is -2.32. The summed E-state index contributed by atoms with van der Waals surface area (Å²) < 4.78 is 26.0. The molecule has 2 rings (SSSR count). The zero-order valence-corrected chi connectivity index (χ0v) is 13.2. The van der Waals surface area contributed by atoms with Crippen molar-refractivity contribution in [3.8, 4) is 0 Å². The largest absolute Gasteiger partial charge is 0.353 e. The van der Waals surface area contributed by atoms with E-state index in [1.54, 1.807) is 31.2 Å². The molecule has 21 heavy (non-hydrogen) atoms. The lowest BCUT2D eigenvalue weighted by molar-refractivity contribution is -0.126. The Morgan fingerprint density at radius 3 is 2.67 bits per heavy atom. The summed E-state index contributed by atoms with van der Waals surface area (Å²) >= 11 is 5.78. The van der Waals surface area contributed by atoms with E-state index >= 15 is 0 Å². The van der Waals surface area contributed by atoms with Crippen molar-refractivity contribution in [1.82, 2.24) is 9.62 Å². The van der Waals surface area contributed by atoms with Gasteiger partial charge in [-0.1, -0.05) is 30.7 Å². The van der Waals surface area contributed by atoms with Crippen LogP contribution in [0, 0.1) is 0 Å². The first kappa shape index (κ1) is 16.0. The van der Waals surface area contributed by atoms with Crippen LogP contribution < -0.4 is 5.32 Å². The van der Waals surface area contributed by atoms with E-state index in [0.29, 0.717) is 18.0 Å². The third-order valence-corrected chi connectivity index (χ3v) is 5.12. The fraction of sp³-hybridized carbons (Fsp3) is 0.357. The number of hydrogen-bond donors (Lipinski definition) is 1. The van der Waals surface area contributed by atoms with Crippen LogP contribution in [-0.2, 0) is 14.8 Å². The molecule has 5 nitrogen and oxygen atoms in total. The molecule has 1 saturated heterocycles. The van der Waals surface area contributed by atoms with Crippen LogP contribution in [0.15, 0.2) is 29.7 Å². The van der Waals surface area contributed by atoms with Crippen molar-refractivity contribution in [2.45, 2.75) is 19.4 Å². The van der Waals surface area contributed by atoms with E-state index in [-0.39, 0.29) is 12.5 Å². The second kappa shape index (κ2) is 6.60. The summed E-state index contributed by atoms with van der Waals surface area (Å²) in [5.74, 6) is -0.243. The van der Waals surface area contributed by atoms with Crippen molar-refractivity contribution >= 4 is 33.6 Å². The molecule has 0 radical (unpaired) electrons. The van der Waals surface area contributed by atoms with Gasteiger partial charge < -0.3 is 5.32 Å². The molecule has 1 aliphatic rings. The SMILES string of the molecule is CCC1C(=O)NCCN1S(=O)(=O)C=Cc1ccc(Cl)cc1. The second-order valence-corrected chi connectivity index (χ2v) is 6.93. The van der Waals surface area contributed by atoms with Gasteiger partial charge in [-0.3, -0.25) is 4.79 Å². The molecule has 0 saturated carbocycles. The molecule has 1 N–H and O–H groups in total. The maximum atomic E-state index is 12.4. The Balaban J connectivity index is 2.20. The third-order valence-electron chi connectivity index (χ3n) is 3.30. The summed E-state index contributed by atoms with van der Waals surface area (Å²) in [7, 11) is -3.63.